The summed E-state index contributed by atoms with van der Waals surface area (Å²) in [6.45, 7) is 5.30. The first kappa shape index (κ1) is 25.2. The fourth-order valence-electron chi connectivity index (χ4n) is 4.45. The van der Waals surface area contributed by atoms with E-state index in [1.807, 2.05) is 57.5 Å². The first-order valence-electron chi connectivity index (χ1n) is 11.7. The monoisotopic (exact) mass is 492 g/mol. The third kappa shape index (κ3) is 5.06. The minimum Gasteiger partial charge on any atom is -0.347 e. The Hall–Kier alpha value is -3.85. The van der Waals surface area contributed by atoms with Crippen molar-refractivity contribution in [3.8, 4) is 0 Å². The number of allylic oxidation sites excluding steroid dienone is 8. The number of nitrogens with two attached hydrogens (primary N) is 1. The molecule has 188 valence electrons. The Balaban J connectivity index is 1.77. The number of carbonyl (C=O) groups excluding carboxylic acids is 1. The molecule has 1 aliphatic carbocycles. The van der Waals surface area contributed by atoms with Gasteiger partial charge in [0.05, 0.1) is 6.54 Å². The number of aromatic amines is 1. The molecule has 2 aliphatic rings. The Labute approximate surface area is 208 Å². The molecule has 0 spiro atoms. The number of H-pyrrole nitrogens is 1. The first-order valence-corrected chi connectivity index (χ1v) is 11.7. The second-order valence-electron chi connectivity index (χ2n) is 8.94. The standard InChI is InChI=1S/C27H30F2N6O/c1-5-15(2)25(16(3)35(4)30)19-10-21-22(12-33-26(21)32-11-19)17-6-7-20-9-18(8-17)23(13-31-20)27(36)34-14-24(28)29/h5-8,10-13,18,24H,9,14,30H2,1-4H3,(H,32,33)(H,34,36)/b15-5+,25-16+. The van der Waals surface area contributed by atoms with E-state index < -0.39 is 18.9 Å². The van der Waals surface area contributed by atoms with Crippen LogP contribution < -0.4 is 11.2 Å². The number of nitrogens with zero attached hydrogens (tertiary/aromatic N) is 3. The zero-order valence-corrected chi connectivity index (χ0v) is 20.8. The van der Waals surface area contributed by atoms with Crippen molar-refractivity contribution in [1.29, 1.82) is 0 Å². The van der Waals surface area contributed by atoms with E-state index in [1.165, 1.54) is 6.20 Å². The van der Waals surface area contributed by atoms with Crippen molar-refractivity contribution in [3.63, 3.8) is 0 Å². The van der Waals surface area contributed by atoms with Crippen LogP contribution in [0.15, 0.2) is 70.8 Å². The Kier molecular flexibility index (Phi) is 7.30. The Morgan fingerprint density at radius 2 is 2.14 bits per heavy atom. The highest BCUT2D eigenvalue weighted by atomic mass is 19.3. The van der Waals surface area contributed by atoms with E-state index in [-0.39, 0.29) is 5.92 Å². The van der Waals surface area contributed by atoms with E-state index in [0.29, 0.717) is 12.0 Å². The molecule has 2 bridgehead atoms. The minimum absolute atomic E-state index is 0.282. The molecule has 0 fully saturated rings. The molecule has 0 aromatic carbocycles. The predicted octanol–water partition coefficient (Wildman–Crippen LogP) is 4.74. The van der Waals surface area contributed by atoms with Gasteiger partial charge in [0.2, 0.25) is 5.91 Å². The molecule has 1 aliphatic heterocycles. The number of carbonyl (C=O) groups is 1. The quantitative estimate of drug-likeness (QED) is 0.295. The zero-order chi connectivity index (χ0) is 26.0. The molecule has 4 rings (SSSR count). The van der Waals surface area contributed by atoms with Gasteiger partial charge < -0.3 is 15.3 Å². The van der Waals surface area contributed by atoms with E-state index in [1.54, 1.807) is 12.1 Å². The van der Waals surface area contributed by atoms with Crippen molar-refractivity contribution in [2.45, 2.75) is 33.6 Å². The fourth-order valence-corrected chi connectivity index (χ4v) is 4.45. The van der Waals surface area contributed by atoms with Crippen molar-refractivity contribution >= 4 is 33.8 Å². The molecule has 7 nitrogen and oxygen atoms in total. The van der Waals surface area contributed by atoms with Crippen molar-refractivity contribution in [2.75, 3.05) is 13.6 Å². The van der Waals surface area contributed by atoms with Crippen LogP contribution in [0, 0.1) is 5.92 Å². The maximum absolute atomic E-state index is 12.6. The van der Waals surface area contributed by atoms with Gasteiger partial charge in [0.15, 0.2) is 0 Å². The van der Waals surface area contributed by atoms with Gasteiger partial charge >= 0.3 is 0 Å². The summed E-state index contributed by atoms with van der Waals surface area (Å²) in [4.78, 5) is 24.8. The largest absolute Gasteiger partial charge is 0.347 e. The lowest BCUT2D eigenvalue weighted by atomic mass is 9.89. The van der Waals surface area contributed by atoms with Gasteiger partial charge in [0, 0.05) is 77.0 Å². The highest BCUT2D eigenvalue weighted by Crippen LogP contribution is 2.35. The number of aliphatic imine (C=N–C) groups is 1. The molecular weight excluding hydrogens is 462 g/mol. The van der Waals surface area contributed by atoms with E-state index in [2.05, 4.69) is 26.3 Å². The lowest BCUT2D eigenvalue weighted by Gasteiger charge is -2.20. The van der Waals surface area contributed by atoms with Gasteiger partial charge in [-0.05, 0) is 44.1 Å². The van der Waals surface area contributed by atoms with Gasteiger partial charge in [-0.1, -0.05) is 18.2 Å². The summed E-state index contributed by atoms with van der Waals surface area (Å²) in [5.41, 5.74) is 7.66. The number of aromatic nitrogens is 2. The van der Waals surface area contributed by atoms with Gasteiger partial charge in [-0.3, -0.25) is 9.79 Å². The maximum atomic E-state index is 12.6. The second kappa shape index (κ2) is 10.4. The average Bonchev–Trinajstić information content (AvgIpc) is 3.20. The number of halogens is 2. The number of hydrogen-bond donors (Lipinski definition) is 3. The summed E-state index contributed by atoms with van der Waals surface area (Å²) in [5.74, 6) is 5.25. The van der Waals surface area contributed by atoms with Crippen LogP contribution in [0.5, 0.6) is 0 Å². The second-order valence-corrected chi connectivity index (χ2v) is 8.94. The number of fused-ring (bicyclic) bond motifs is 3. The van der Waals surface area contributed by atoms with Crippen LogP contribution >= 0.6 is 0 Å². The number of rotatable bonds is 7. The lowest BCUT2D eigenvalue weighted by Crippen LogP contribution is -2.32. The predicted molar refractivity (Wildman–Crippen MR) is 140 cm³/mol. The third-order valence-corrected chi connectivity index (χ3v) is 6.56. The van der Waals surface area contributed by atoms with Gasteiger partial charge in [-0.15, -0.1) is 0 Å². The van der Waals surface area contributed by atoms with Crippen molar-refractivity contribution in [1.82, 2.24) is 20.3 Å². The number of pyridine rings is 1. The van der Waals surface area contributed by atoms with Crippen molar-refractivity contribution in [2.24, 2.45) is 16.8 Å². The van der Waals surface area contributed by atoms with Crippen LogP contribution in [0.25, 0.3) is 22.2 Å². The molecule has 4 N–H and O–H groups in total. The molecule has 1 atom stereocenters. The molecule has 0 saturated heterocycles. The van der Waals surface area contributed by atoms with E-state index in [0.717, 1.165) is 50.3 Å². The molecule has 1 unspecified atom stereocenters. The van der Waals surface area contributed by atoms with Crippen LogP contribution in [0.1, 0.15) is 38.3 Å². The summed E-state index contributed by atoms with van der Waals surface area (Å²) in [6, 6.07) is 2.08. The minimum atomic E-state index is -2.61. The molecule has 2 aromatic rings. The van der Waals surface area contributed by atoms with Gasteiger partial charge in [-0.25, -0.2) is 19.6 Å². The van der Waals surface area contributed by atoms with E-state index >= 15 is 0 Å². The Morgan fingerprint density at radius 1 is 1.36 bits per heavy atom. The molecule has 36 heavy (non-hydrogen) atoms. The number of amides is 1. The molecule has 0 saturated carbocycles. The van der Waals surface area contributed by atoms with Crippen molar-refractivity contribution < 1.29 is 13.6 Å². The molecule has 3 heterocycles. The molecule has 2 aromatic heterocycles. The maximum Gasteiger partial charge on any atom is 0.255 e. The van der Waals surface area contributed by atoms with Gasteiger partial charge in [0.25, 0.3) is 6.43 Å². The van der Waals surface area contributed by atoms with Crippen LogP contribution in [0.2, 0.25) is 0 Å². The topological polar surface area (TPSA) is 99.4 Å². The molecule has 1 amide bonds. The van der Waals surface area contributed by atoms with Crippen molar-refractivity contribution in [3.05, 3.63) is 76.9 Å². The highest BCUT2D eigenvalue weighted by Gasteiger charge is 2.26. The molecule has 0 radical (unpaired) electrons. The Bertz CT molecular complexity index is 1370. The van der Waals surface area contributed by atoms with Crippen LogP contribution in [0.3, 0.4) is 0 Å². The van der Waals surface area contributed by atoms with Gasteiger partial charge in [-0.2, -0.15) is 0 Å². The lowest BCUT2D eigenvalue weighted by molar-refractivity contribution is -0.118. The number of nitrogens with one attached hydrogen (secondary N) is 2. The van der Waals surface area contributed by atoms with Crippen LogP contribution in [-0.4, -0.2) is 46.6 Å². The highest BCUT2D eigenvalue weighted by molar-refractivity contribution is 6.06. The Morgan fingerprint density at radius 3 is 2.83 bits per heavy atom. The first-order chi connectivity index (χ1) is 17.2. The SMILES string of the molecule is C/C=C(C)/C(=C(/C)N(C)N)c1cnc2[nH]cc(C3=CC4CC(=NC=C4C(=O)NCC(F)F)C=C3)c2c1. The fraction of sp³-hybridized carbons (Fsp3) is 0.296. The third-order valence-electron chi connectivity index (χ3n) is 6.56. The summed E-state index contributed by atoms with van der Waals surface area (Å²) in [5, 5.41) is 4.81. The molecule has 9 heteroatoms. The average molecular weight is 493 g/mol. The number of alkyl halides is 2. The zero-order valence-electron chi connectivity index (χ0n) is 20.8. The van der Waals surface area contributed by atoms with Crippen LogP contribution in [-0.2, 0) is 4.79 Å². The summed E-state index contributed by atoms with van der Waals surface area (Å²) in [6.07, 6.45) is 11.0. The smallest absolute Gasteiger partial charge is 0.255 e. The normalized spacial score (nSPS) is 18.4. The van der Waals surface area contributed by atoms with E-state index in [9.17, 15) is 13.6 Å². The summed E-state index contributed by atoms with van der Waals surface area (Å²) in [7, 11) is 1.80. The van der Waals surface area contributed by atoms with Gasteiger partial charge in [0.1, 0.15) is 5.65 Å². The number of hydrogen-bond acceptors (Lipinski definition) is 5. The summed E-state index contributed by atoms with van der Waals surface area (Å²) >= 11 is 0. The number of hydrazine groups is 1. The van der Waals surface area contributed by atoms with Crippen LogP contribution in [0.4, 0.5) is 8.78 Å². The van der Waals surface area contributed by atoms with E-state index in [4.69, 9.17) is 5.84 Å². The summed E-state index contributed by atoms with van der Waals surface area (Å²) < 4.78 is 25.2. The molecular formula is C27H30F2N6O.